The molecule has 6 nitrogen and oxygen atoms in total. The van der Waals surface area contributed by atoms with E-state index in [1.807, 2.05) is 42.5 Å². The minimum atomic E-state index is -3.77. The summed E-state index contributed by atoms with van der Waals surface area (Å²) in [5.74, 6) is 0.680. The number of rotatable bonds is 8. The lowest BCUT2D eigenvalue weighted by Gasteiger charge is -2.38. The van der Waals surface area contributed by atoms with Crippen molar-refractivity contribution in [1.82, 2.24) is 5.32 Å². The van der Waals surface area contributed by atoms with Crippen LogP contribution in [0.4, 0.5) is 0 Å². The standard InChI is InChI=1S/C20H24NO5PS/c1-4-24-27(22,25-5-2)20(16-11-13-17(23-3)14-12-16)18(26-19(28)21-20)15-9-7-6-8-10-15/h6-14,18H,4-5H2,1-3H3,(H,21,28)/t18-,20-/m1/s1. The predicted molar refractivity (Wildman–Crippen MR) is 112 cm³/mol. The molecule has 0 unspecified atom stereocenters. The molecule has 1 aliphatic heterocycles. The fourth-order valence-corrected chi connectivity index (χ4v) is 6.09. The van der Waals surface area contributed by atoms with E-state index in [0.717, 1.165) is 5.56 Å². The van der Waals surface area contributed by atoms with E-state index in [0.29, 0.717) is 11.3 Å². The zero-order valence-electron chi connectivity index (χ0n) is 16.1. The summed E-state index contributed by atoms with van der Waals surface area (Å²) in [5.41, 5.74) is 1.48. The molecule has 1 fully saturated rings. The van der Waals surface area contributed by atoms with Crippen molar-refractivity contribution in [1.29, 1.82) is 0 Å². The molecule has 0 spiro atoms. The van der Waals surface area contributed by atoms with Gasteiger partial charge in [-0.15, -0.1) is 0 Å². The molecule has 1 aliphatic rings. The molecule has 0 aliphatic carbocycles. The van der Waals surface area contributed by atoms with E-state index < -0.39 is 19.0 Å². The molecule has 1 heterocycles. The van der Waals surface area contributed by atoms with Crippen LogP contribution in [0.5, 0.6) is 5.75 Å². The predicted octanol–water partition coefficient (Wildman–Crippen LogP) is 4.76. The smallest absolute Gasteiger partial charge is 0.364 e. The van der Waals surface area contributed by atoms with Crippen molar-refractivity contribution in [2.45, 2.75) is 25.2 Å². The monoisotopic (exact) mass is 421 g/mol. The molecule has 0 radical (unpaired) electrons. The minimum Gasteiger partial charge on any atom is -0.497 e. The quantitative estimate of drug-likeness (QED) is 0.487. The van der Waals surface area contributed by atoms with Gasteiger partial charge in [-0.25, -0.2) is 0 Å². The molecular weight excluding hydrogens is 397 g/mol. The lowest BCUT2D eigenvalue weighted by Crippen LogP contribution is -2.43. The van der Waals surface area contributed by atoms with Gasteiger partial charge in [-0.3, -0.25) is 4.57 Å². The molecule has 0 bridgehead atoms. The Morgan fingerprint density at radius 3 is 2.21 bits per heavy atom. The first-order valence-electron chi connectivity index (χ1n) is 9.08. The first-order chi connectivity index (χ1) is 13.5. The van der Waals surface area contributed by atoms with E-state index in [9.17, 15) is 4.57 Å². The lowest BCUT2D eigenvalue weighted by atomic mass is 9.95. The maximum Gasteiger partial charge on any atom is 0.364 e. The number of hydrogen-bond acceptors (Lipinski definition) is 6. The van der Waals surface area contributed by atoms with Crippen LogP contribution in [0.1, 0.15) is 31.1 Å². The molecule has 2 aromatic carbocycles. The van der Waals surface area contributed by atoms with E-state index in [2.05, 4.69) is 5.32 Å². The third-order valence-corrected chi connectivity index (χ3v) is 7.42. The highest BCUT2D eigenvalue weighted by Crippen LogP contribution is 2.70. The summed E-state index contributed by atoms with van der Waals surface area (Å²) in [5, 5.41) is 1.95. The van der Waals surface area contributed by atoms with Gasteiger partial charge in [-0.2, -0.15) is 0 Å². The fourth-order valence-electron chi connectivity index (χ4n) is 3.40. The normalized spacial score (nSPS) is 21.8. The highest BCUT2D eigenvalue weighted by Gasteiger charge is 2.63. The lowest BCUT2D eigenvalue weighted by molar-refractivity contribution is 0.136. The van der Waals surface area contributed by atoms with E-state index in [1.165, 1.54) is 0 Å². The molecule has 2 atom stereocenters. The zero-order chi connectivity index (χ0) is 20.2. The van der Waals surface area contributed by atoms with Crippen molar-refractivity contribution < 1.29 is 23.1 Å². The van der Waals surface area contributed by atoms with Crippen molar-refractivity contribution in [3.8, 4) is 5.75 Å². The van der Waals surface area contributed by atoms with Crippen LogP contribution in [0.2, 0.25) is 0 Å². The van der Waals surface area contributed by atoms with Crippen molar-refractivity contribution in [2.75, 3.05) is 20.3 Å². The first-order valence-corrected chi connectivity index (χ1v) is 11.0. The second kappa shape index (κ2) is 8.62. The maximum atomic E-state index is 14.1. The average Bonchev–Trinajstić information content (AvgIpc) is 3.08. The summed E-state index contributed by atoms with van der Waals surface area (Å²) < 4.78 is 36.9. The van der Waals surface area contributed by atoms with E-state index in [4.69, 9.17) is 30.7 Å². The Kier molecular flexibility index (Phi) is 6.40. The zero-order valence-corrected chi connectivity index (χ0v) is 17.8. The Bertz CT molecular complexity index is 851. The van der Waals surface area contributed by atoms with Crippen LogP contribution >= 0.6 is 19.8 Å². The molecule has 1 N–H and O–H groups in total. The van der Waals surface area contributed by atoms with Crippen LogP contribution in [0.3, 0.4) is 0 Å². The van der Waals surface area contributed by atoms with Gasteiger partial charge in [0.05, 0.1) is 20.3 Å². The summed E-state index contributed by atoms with van der Waals surface area (Å²) in [4.78, 5) is 0. The van der Waals surface area contributed by atoms with E-state index in [-0.39, 0.29) is 18.4 Å². The SMILES string of the molecule is CCOP(=O)(OCC)[C@@]1(c2ccc(OC)cc2)NC(=S)O[C@@H]1c1ccccc1. The second-order valence-corrected chi connectivity index (χ2v) is 8.74. The number of ether oxygens (including phenoxy) is 2. The molecule has 1 saturated heterocycles. The van der Waals surface area contributed by atoms with Crippen molar-refractivity contribution >= 4 is 25.0 Å². The Morgan fingerprint density at radius 1 is 1.07 bits per heavy atom. The van der Waals surface area contributed by atoms with Crippen LogP contribution in [-0.2, 0) is 23.6 Å². The largest absolute Gasteiger partial charge is 0.497 e. The molecule has 3 rings (SSSR count). The van der Waals surface area contributed by atoms with Gasteiger partial charge in [-0.05, 0) is 49.3 Å². The van der Waals surface area contributed by atoms with Gasteiger partial charge in [-0.1, -0.05) is 42.5 Å². The topological polar surface area (TPSA) is 66.0 Å². The van der Waals surface area contributed by atoms with Gasteiger partial charge in [0.1, 0.15) is 5.75 Å². The molecule has 0 saturated carbocycles. The summed E-state index contributed by atoms with van der Waals surface area (Å²) in [6, 6.07) is 16.7. The Morgan fingerprint density at radius 2 is 1.68 bits per heavy atom. The van der Waals surface area contributed by atoms with Crippen molar-refractivity contribution in [2.24, 2.45) is 0 Å². The molecule has 150 valence electrons. The third-order valence-electron chi connectivity index (χ3n) is 4.56. The van der Waals surface area contributed by atoms with Crippen LogP contribution in [0.25, 0.3) is 0 Å². The fraction of sp³-hybridized carbons (Fsp3) is 0.350. The van der Waals surface area contributed by atoms with Crippen LogP contribution in [-0.4, -0.2) is 25.5 Å². The molecule has 28 heavy (non-hydrogen) atoms. The Hall–Kier alpha value is -1.92. The summed E-state index contributed by atoms with van der Waals surface area (Å²) in [6.45, 7) is 3.98. The van der Waals surface area contributed by atoms with Crippen LogP contribution < -0.4 is 10.1 Å². The van der Waals surface area contributed by atoms with E-state index in [1.54, 1.807) is 33.1 Å². The molecule has 8 heteroatoms. The first kappa shape index (κ1) is 20.8. The van der Waals surface area contributed by atoms with Crippen LogP contribution in [0.15, 0.2) is 54.6 Å². The van der Waals surface area contributed by atoms with Gasteiger partial charge in [0.25, 0.3) is 5.17 Å². The molecule has 0 aromatic heterocycles. The summed E-state index contributed by atoms with van der Waals surface area (Å²) >= 11 is 5.34. The molecular formula is C20H24NO5PS. The number of thiocarbonyl (C=S) groups is 1. The summed E-state index contributed by atoms with van der Waals surface area (Å²) in [7, 11) is -2.17. The van der Waals surface area contributed by atoms with Gasteiger partial charge >= 0.3 is 7.60 Å². The van der Waals surface area contributed by atoms with Gasteiger partial charge in [0, 0.05) is 0 Å². The highest BCUT2D eigenvalue weighted by atomic mass is 32.1. The number of methoxy groups -OCH3 is 1. The number of benzene rings is 2. The van der Waals surface area contributed by atoms with Gasteiger partial charge in [0.2, 0.25) is 5.28 Å². The molecule has 2 aromatic rings. The summed E-state index contributed by atoms with van der Waals surface area (Å²) in [6.07, 6.45) is -0.696. The van der Waals surface area contributed by atoms with Crippen molar-refractivity contribution in [3.63, 3.8) is 0 Å². The minimum absolute atomic E-state index is 0.143. The average molecular weight is 421 g/mol. The van der Waals surface area contributed by atoms with Gasteiger partial charge in [0.15, 0.2) is 6.10 Å². The molecule has 0 amide bonds. The number of nitrogens with one attached hydrogen (secondary N) is 1. The highest BCUT2D eigenvalue weighted by molar-refractivity contribution is 7.80. The Labute approximate surface area is 170 Å². The maximum absolute atomic E-state index is 14.1. The van der Waals surface area contributed by atoms with Crippen LogP contribution in [0, 0.1) is 0 Å². The van der Waals surface area contributed by atoms with E-state index >= 15 is 0 Å². The Balaban J connectivity index is 2.26. The number of hydrogen-bond donors (Lipinski definition) is 1. The van der Waals surface area contributed by atoms with Gasteiger partial charge < -0.3 is 23.8 Å². The van der Waals surface area contributed by atoms with Crippen molar-refractivity contribution in [3.05, 3.63) is 65.7 Å². The third kappa shape index (κ3) is 3.55. The second-order valence-electron chi connectivity index (χ2n) is 6.15.